The maximum atomic E-state index is 12.8. The van der Waals surface area contributed by atoms with Gasteiger partial charge in [-0.25, -0.2) is 0 Å². The molecule has 1 fully saturated rings. The summed E-state index contributed by atoms with van der Waals surface area (Å²) in [5.74, 6) is -0.208. The van der Waals surface area contributed by atoms with Crippen LogP contribution >= 0.6 is 0 Å². The molecule has 0 spiro atoms. The molecule has 1 rings (SSSR count). The zero-order valence-electron chi connectivity index (χ0n) is 28.6. The highest BCUT2D eigenvalue weighted by molar-refractivity contribution is 5.76. The second-order valence-electron chi connectivity index (χ2n) is 12.3. The maximum Gasteiger partial charge on any atom is 0.220 e. The fraction of sp³-hybridized carbons (Fsp3) is 0.757. The van der Waals surface area contributed by atoms with Crippen LogP contribution in [-0.2, 0) is 14.3 Å². The summed E-state index contributed by atoms with van der Waals surface area (Å²) in [5, 5.41) is 53.7. The Labute approximate surface area is 278 Å². The smallest absolute Gasteiger partial charge is 0.220 e. The highest BCUT2D eigenvalue weighted by atomic mass is 16.7. The molecule has 7 unspecified atom stereocenters. The van der Waals surface area contributed by atoms with Crippen LogP contribution in [0.15, 0.2) is 48.6 Å². The summed E-state index contributed by atoms with van der Waals surface area (Å²) in [6.45, 7) is 3.60. The number of amides is 1. The van der Waals surface area contributed by atoms with Crippen LogP contribution in [0.3, 0.4) is 0 Å². The number of carbonyl (C=O) groups excluding carboxylic acids is 1. The topological polar surface area (TPSA) is 149 Å². The van der Waals surface area contributed by atoms with Crippen LogP contribution in [0.2, 0.25) is 0 Å². The van der Waals surface area contributed by atoms with Gasteiger partial charge < -0.3 is 40.3 Å². The molecule has 46 heavy (non-hydrogen) atoms. The number of carbonyl (C=O) groups is 1. The van der Waals surface area contributed by atoms with Gasteiger partial charge in [-0.05, 0) is 57.8 Å². The van der Waals surface area contributed by atoms with Crippen molar-refractivity contribution in [2.24, 2.45) is 0 Å². The first-order valence-electron chi connectivity index (χ1n) is 17.9. The van der Waals surface area contributed by atoms with E-state index in [0.717, 1.165) is 70.6 Å². The second kappa shape index (κ2) is 28.2. The monoisotopic (exact) mass is 651 g/mol. The number of unbranched alkanes of at least 4 members (excludes halogenated alkanes) is 11. The number of allylic oxidation sites excluding steroid dienone is 7. The second-order valence-corrected chi connectivity index (χ2v) is 12.3. The SMILES string of the molecule is CCC/C=C\C/C=C\CCCCCCCC(=O)NC(COC1OC(CO)C(O)C(O)C1O)C(O)/C=C/CC/C=C/CCCCCC. The fourth-order valence-electron chi connectivity index (χ4n) is 5.15. The van der Waals surface area contributed by atoms with Gasteiger partial charge in [0.15, 0.2) is 6.29 Å². The average Bonchev–Trinajstić information content (AvgIpc) is 3.05. The van der Waals surface area contributed by atoms with E-state index in [1.54, 1.807) is 6.08 Å². The number of ether oxygens (including phenoxy) is 2. The molecule has 9 nitrogen and oxygen atoms in total. The Morgan fingerprint density at radius 1 is 0.739 bits per heavy atom. The molecule has 266 valence electrons. The van der Waals surface area contributed by atoms with Gasteiger partial charge in [-0.15, -0.1) is 0 Å². The first-order valence-corrected chi connectivity index (χ1v) is 17.9. The van der Waals surface area contributed by atoms with Crippen LogP contribution in [0.25, 0.3) is 0 Å². The lowest BCUT2D eigenvalue weighted by Crippen LogP contribution is -2.60. The third kappa shape index (κ3) is 19.7. The molecule has 1 saturated heterocycles. The van der Waals surface area contributed by atoms with Crippen molar-refractivity contribution < 1.29 is 39.8 Å². The Morgan fingerprint density at radius 3 is 2.04 bits per heavy atom. The molecule has 1 aliphatic heterocycles. The van der Waals surface area contributed by atoms with Gasteiger partial charge in [0.25, 0.3) is 0 Å². The zero-order chi connectivity index (χ0) is 33.8. The number of aliphatic hydroxyl groups excluding tert-OH is 5. The van der Waals surface area contributed by atoms with Crippen LogP contribution in [0.5, 0.6) is 0 Å². The van der Waals surface area contributed by atoms with Crippen molar-refractivity contribution in [2.45, 2.75) is 166 Å². The summed E-state index contributed by atoms with van der Waals surface area (Å²) in [6.07, 6.45) is 25.9. The first kappa shape index (κ1) is 42.2. The lowest BCUT2D eigenvalue weighted by atomic mass is 9.99. The Morgan fingerprint density at radius 2 is 1.35 bits per heavy atom. The summed E-state index contributed by atoms with van der Waals surface area (Å²) in [4.78, 5) is 12.8. The van der Waals surface area contributed by atoms with Gasteiger partial charge in [-0.2, -0.15) is 0 Å². The van der Waals surface area contributed by atoms with Crippen LogP contribution in [0.4, 0.5) is 0 Å². The highest BCUT2D eigenvalue weighted by Crippen LogP contribution is 2.22. The van der Waals surface area contributed by atoms with Crippen molar-refractivity contribution in [1.29, 1.82) is 0 Å². The van der Waals surface area contributed by atoms with Gasteiger partial charge in [-0.1, -0.05) is 107 Å². The number of hydrogen-bond acceptors (Lipinski definition) is 8. The van der Waals surface area contributed by atoms with Crippen LogP contribution in [0, 0.1) is 0 Å². The fourth-order valence-corrected chi connectivity index (χ4v) is 5.15. The van der Waals surface area contributed by atoms with E-state index in [-0.39, 0.29) is 12.5 Å². The Bertz CT molecular complexity index is 858. The van der Waals surface area contributed by atoms with Gasteiger partial charge >= 0.3 is 0 Å². The standard InChI is InChI=1S/C37H65NO8/c1-3-5-7-9-11-13-15-16-17-19-21-23-25-27-33(41)38-30(29-45-37-36(44)35(43)34(42)32(28-39)46-37)31(40)26-24-22-20-18-14-12-10-8-6-4-2/h7,9,13-15,18,24,26,30-32,34-37,39-40,42-44H,3-6,8,10-12,16-17,19-23,25,27-29H2,1-2H3,(H,38,41)/b9-7-,15-13-,18-14+,26-24+. The summed E-state index contributed by atoms with van der Waals surface area (Å²) < 4.78 is 11.1. The molecule has 9 heteroatoms. The third-order valence-electron chi connectivity index (χ3n) is 8.11. The number of aliphatic hydroxyl groups is 5. The molecule has 6 N–H and O–H groups in total. The van der Waals surface area contributed by atoms with E-state index in [2.05, 4.69) is 55.6 Å². The number of rotatable bonds is 27. The number of nitrogens with one attached hydrogen (secondary N) is 1. The van der Waals surface area contributed by atoms with Gasteiger partial charge in [0.05, 0.1) is 25.4 Å². The molecule has 1 heterocycles. The predicted molar refractivity (Wildman–Crippen MR) is 184 cm³/mol. The lowest BCUT2D eigenvalue weighted by molar-refractivity contribution is -0.302. The van der Waals surface area contributed by atoms with E-state index < -0.39 is 49.5 Å². The van der Waals surface area contributed by atoms with Crippen LogP contribution in [-0.4, -0.2) is 87.5 Å². The molecule has 0 aromatic heterocycles. The molecule has 1 amide bonds. The lowest BCUT2D eigenvalue weighted by Gasteiger charge is -2.40. The molecular weight excluding hydrogens is 586 g/mol. The van der Waals surface area contributed by atoms with E-state index in [1.807, 2.05) is 6.08 Å². The Hall–Kier alpha value is -1.85. The van der Waals surface area contributed by atoms with Crippen LogP contribution in [0.1, 0.15) is 123 Å². The molecule has 1 aliphatic rings. The van der Waals surface area contributed by atoms with E-state index >= 15 is 0 Å². The number of hydrogen-bond donors (Lipinski definition) is 6. The van der Waals surface area contributed by atoms with Crippen molar-refractivity contribution in [3.8, 4) is 0 Å². The van der Waals surface area contributed by atoms with Crippen molar-refractivity contribution >= 4 is 5.91 Å². The van der Waals surface area contributed by atoms with Crippen molar-refractivity contribution in [2.75, 3.05) is 13.2 Å². The Kier molecular flexibility index (Phi) is 25.8. The first-order chi connectivity index (χ1) is 22.3. The normalized spacial score (nSPS) is 23.7. The summed E-state index contributed by atoms with van der Waals surface area (Å²) in [7, 11) is 0. The van der Waals surface area contributed by atoms with E-state index in [1.165, 1.54) is 32.1 Å². The Balaban J connectivity index is 2.53. The van der Waals surface area contributed by atoms with Crippen molar-refractivity contribution in [3.05, 3.63) is 48.6 Å². The molecule has 0 radical (unpaired) electrons. The van der Waals surface area contributed by atoms with E-state index in [0.29, 0.717) is 6.42 Å². The molecular formula is C37H65NO8. The van der Waals surface area contributed by atoms with Crippen molar-refractivity contribution in [1.82, 2.24) is 5.32 Å². The molecule has 0 bridgehead atoms. The molecule has 0 saturated carbocycles. The van der Waals surface area contributed by atoms with Gasteiger partial charge in [0, 0.05) is 6.42 Å². The van der Waals surface area contributed by atoms with Crippen LogP contribution < -0.4 is 5.32 Å². The predicted octanol–water partition coefficient (Wildman–Crippen LogP) is 5.54. The summed E-state index contributed by atoms with van der Waals surface area (Å²) in [6, 6.07) is -0.825. The minimum Gasteiger partial charge on any atom is -0.394 e. The zero-order valence-corrected chi connectivity index (χ0v) is 28.6. The molecule has 0 aromatic rings. The summed E-state index contributed by atoms with van der Waals surface area (Å²) >= 11 is 0. The summed E-state index contributed by atoms with van der Waals surface area (Å²) in [5.41, 5.74) is 0. The van der Waals surface area contributed by atoms with E-state index in [4.69, 9.17) is 9.47 Å². The van der Waals surface area contributed by atoms with Gasteiger partial charge in [0.1, 0.15) is 24.4 Å². The average molecular weight is 652 g/mol. The quantitative estimate of drug-likeness (QED) is 0.0501. The van der Waals surface area contributed by atoms with Gasteiger partial charge in [0.2, 0.25) is 5.91 Å². The van der Waals surface area contributed by atoms with E-state index in [9.17, 15) is 30.3 Å². The van der Waals surface area contributed by atoms with Crippen molar-refractivity contribution in [3.63, 3.8) is 0 Å². The molecule has 0 aliphatic carbocycles. The minimum atomic E-state index is -1.57. The molecule has 0 aromatic carbocycles. The largest absolute Gasteiger partial charge is 0.394 e. The highest BCUT2D eigenvalue weighted by Gasteiger charge is 2.44. The third-order valence-corrected chi connectivity index (χ3v) is 8.11. The minimum absolute atomic E-state index is 0.208. The van der Waals surface area contributed by atoms with Gasteiger partial charge in [-0.3, -0.25) is 4.79 Å². The molecule has 7 atom stereocenters. The maximum absolute atomic E-state index is 12.8.